The molecule has 0 radical (unpaired) electrons. The first-order valence-electron chi connectivity index (χ1n) is 5.55. The number of aryl methyl sites for hydroxylation is 1. The fourth-order valence-corrected chi connectivity index (χ4v) is 2.12. The van der Waals surface area contributed by atoms with Crippen molar-refractivity contribution < 1.29 is 0 Å². The standard InChI is InChI=1S/C14H14N2/c1-9-3-5-11(6-4-9)12-8-14-13(16-12)7-10(2)15-14/h3-8,14-15H,1-2H3. The topological polar surface area (TPSA) is 24.4 Å². The van der Waals surface area contributed by atoms with E-state index in [9.17, 15) is 0 Å². The smallest absolute Gasteiger partial charge is 0.0892 e. The van der Waals surface area contributed by atoms with Crippen LogP contribution in [0.3, 0.4) is 0 Å². The Morgan fingerprint density at radius 1 is 1.12 bits per heavy atom. The van der Waals surface area contributed by atoms with Crippen LogP contribution in [0.5, 0.6) is 0 Å². The molecule has 80 valence electrons. The van der Waals surface area contributed by atoms with E-state index in [0.717, 1.165) is 11.4 Å². The lowest BCUT2D eigenvalue weighted by Gasteiger charge is -2.03. The van der Waals surface area contributed by atoms with Gasteiger partial charge in [0.15, 0.2) is 0 Å². The summed E-state index contributed by atoms with van der Waals surface area (Å²) in [5.74, 6) is 0. The number of hydrogen-bond acceptors (Lipinski definition) is 2. The fraction of sp³-hybridized carbons (Fsp3) is 0.214. The second-order valence-corrected chi connectivity index (χ2v) is 4.40. The predicted octanol–water partition coefficient (Wildman–Crippen LogP) is 2.67. The first-order valence-corrected chi connectivity index (χ1v) is 5.55. The maximum absolute atomic E-state index is 4.64. The average Bonchev–Trinajstić information content (AvgIpc) is 2.75. The number of hydrogen-bond donors (Lipinski definition) is 1. The lowest BCUT2D eigenvalue weighted by atomic mass is 10.1. The summed E-state index contributed by atoms with van der Waals surface area (Å²) in [4.78, 5) is 4.64. The summed E-state index contributed by atoms with van der Waals surface area (Å²) in [7, 11) is 0. The van der Waals surface area contributed by atoms with Crippen LogP contribution in [0.1, 0.15) is 18.1 Å². The molecule has 3 rings (SSSR count). The zero-order valence-electron chi connectivity index (χ0n) is 9.49. The van der Waals surface area contributed by atoms with E-state index in [1.807, 2.05) is 0 Å². The van der Waals surface area contributed by atoms with Crippen molar-refractivity contribution >= 4 is 11.4 Å². The van der Waals surface area contributed by atoms with Gasteiger partial charge in [-0.2, -0.15) is 0 Å². The van der Waals surface area contributed by atoms with Crippen LogP contribution < -0.4 is 5.32 Å². The molecule has 2 heteroatoms. The van der Waals surface area contributed by atoms with Gasteiger partial charge in [-0.15, -0.1) is 0 Å². The molecular weight excluding hydrogens is 196 g/mol. The normalized spacial score (nSPS) is 22.1. The molecule has 0 aliphatic carbocycles. The van der Waals surface area contributed by atoms with Crippen LogP contribution in [0, 0.1) is 6.92 Å². The lowest BCUT2D eigenvalue weighted by Crippen LogP contribution is -2.23. The molecule has 1 unspecified atom stereocenters. The lowest BCUT2D eigenvalue weighted by molar-refractivity contribution is 0.859. The maximum Gasteiger partial charge on any atom is 0.0892 e. The third-order valence-corrected chi connectivity index (χ3v) is 2.99. The quantitative estimate of drug-likeness (QED) is 0.757. The first kappa shape index (κ1) is 9.40. The Bertz CT molecular complexity index is 518. The van der Waals surface area contributed by atoms with Crippen LogP contribution in [-0.4, -0.2) is 11.8 Å². The Kier molecular flexibility index (Phi) is 1.96. The number of nitrogens with zero attached hydrogens (tertiary/aromatic N) is 1. The van der Waals surface area contributed by atoms with E-state index in [-0.39, 0.29) is 6.04 Å². The minimum Gasteiger partial charge on any atom is -0.377 e. The highest BCUT2D eigenvalue weighted by molar-refractivity contribution is 6.09. The molecule has 2 nitrogen and oxygen atoms in total. The molecule has 2 heterocycles. The number of benzene rings is 1. The van der Waals surface area contributed by atoms with Crippen LogP contribution in [0.25, 0.3) is 5.70 Å². The monoisotopic (exact) mass is 210 g/mol. The molecule has 0 aromatic heterocycles. The zero-order chi connectivity index (χ0) is 11.1. The second-order valence-electron chi connectivity index (χ2n) is 4.40. The third-order valence-electron chi connectivity index (χ3n) is 2.99. The molecule has 2 aliphatic heterocycles. The zero-order valence-corrected chi connectivity index (χ0v) is 9.49. The minimum absolute atomic E-state index is 0.288. The molecule has 0 fully saturated rings. The van der Waals surface area contributed by atoms with Crippen molar-refractivity contribution in [2.75, 3.05) is 0 Å². The summed E-state index contributed by atoms with van der Waals surface area (Å²) >= 11 is 0. The van der Waals surface area contributed by atoms with Gasteiger partial charge in [-0.25, -0.2) is 0 Å². The van der Waals surface area contributed by atoms with Crippen molar-refractivity contribution in [1.82, 2.24) is 5.32 Å². The summed E-state index contributed by atoms with van der Waals surface area (Å²) in [6.07, 6.45) is 4.30. The molecule has 0 spiro atoms. The van der Waals surface area contributed by atoms with Crippen LogP contribution >= 0.6 is 0 Å². The summed E-state index contributed by atoms with van der Waals surface area (Å²) in [5.41, 5.74) is 5.89. The van der Waals surface area contributed by atoms with Crippen LogP contribution in [0.15, 0.2) is 47.1 Å². The van der Waals surface area contributed by atoms with Gasteiger partial charge in [0.2, 0.25) is 0 Å². The Morgan fingerprint density at radius 2 is 1.88 bits per heavy atom. The first-order chi connectivity index (χ1) is 7.72. The van der Waals surface area contributed by atoms with E-state index in [1.165, 1.54) is 16.8 Å². The van der Waals surface area contributed by atoms with E-state index < -0.39 is 0 Å². The van der Waals surface area contributed by atoms with Gasteiger partial charge in [-0.3, -0.25) is 4.99 Å². The summed E-state index contributed by atoms with van der Waals surface area (Å²) in [5, 5.41) is 3.38. The summed E-state index contributed by atoms with van der Waals surface area (Å²) in [6.45, 7) is 4.17. The van der Waals surface area contributed by atoms with Gasteiger partial charge in [0.1, 0.15) is 0 Å². The van der Waals surface area contributed by atoms with Crippen LogP contribution in [0.4, 0.5) is 0 Å². The number of rotatable bonds is 1. The summed E-state index contributed by atoms with van der Waals surface area (Å²) < 4.78 is 0. The summed E-state index contributed by atoms with van der Waals surface area (Å²) in [6, 6.07) is 8.79. The highest BCUT2D eigenvalue weighted by atomic mass is 15.0. The number of aliphatic imine (C=N–C) groups is 1. The molecule has 0 amide bonds. The van der Waals surface area contributed by atoms with Gasteiger partial charge in [0.25, 0.3) is 0 Å². The Balaban J connectivity index is 1.94. The number of allylic oxidation sites excluding steroid dienone is 1. The largest absolute Gasteiger partial charge is 0.377 e. The van der Waals surface area contributed by atoms with Gasteiger partial charge in [0, 0.05) is 5.70 Å². The van der Waals surface area contributed by atoms with Crippen molar-refractivity contribution in [1.29, 1.82) is 0 Å². The van der Waals surface area contributed by atoms with Crippen molar-refractivity contribution in [2.24, 2.45) is 4.99 Å². The Labute approximate surface area is 95.4 Å². The Morgan fingerprint density at radius 3 is 2.56 bits per heavy atom. The van der Waals surface area contributed by atoms with Crippen molar-refractivity contribution in [3.05, 3.63) is 53.2 Å². The Hall–Kier alpha value is -1.83. The van der Waals surface area contributed by atoms with Crippen molar-refractivity contribution in [2.45, 2.75) is 19.9 Å². The molecular formula is C14H14N2. The molecule has 2 aliphatic rings. The van der Waals surface area contributed by atoms with E-state index in [1.54, 1.807) is 0 Å². The van der Waals surface area contributed by atoms with Gasteiger partial charge in [-0.1, -0.05) is 29.8 Å². The molecule has 1 atom stereocenters. The molecule has 0 bridgehead atoms. The van der Waals surface area contributed by atoms with Gasteiger partial charge < -0.3 is 5.32 Å². The molecule has 1 aromatic carbocycles. The highest BCUT2D eigenvalue weighted by Gasteiger charge is 2.24. The average molecular weight is 210 g/mol. The van der Waals surface area contributed by atoms with E-state index >= 15 is 0 Å². The highest BCUT2D eigenvalue weighted by Crippen LogP contribution is 2.26. The third kappa shape index (κ3) is 1.47. The van der Waals surface area contributed by atoms with Gasteiger partial charge in [-0.05, 0) is 31.6 Å². The minimum atomic E-state index is 0.288. The second kappa shape index (κ2) is 3.34. The molecule has 1 N–H and O–H groups in total. The van der Waals surface area contributed by atoms with E-state index in [2.05, 4.69) is 60.6 Å². The molecule has 16 heavy (non-hydrogen) atoms. The molecule has 1 aromatic rings. The fourth-order valence-electron chi connectivity index (χ4n) is 2.12. The van der Waals surface area contributed by atoms with E-state index in [4.69, 9.17) is 0 Å². The predicted molar refractivity (Wildman–Crippen MR) is 67.3 cm³/mol. The van der Waals surface area contributed by atoms with Gasteiger partial charge >= 0.3 is 0 Å². The SMILES string of the molecule is CC1=CC2=NC(c3ccc(C)cc3)=CC2N1. The molecule has 0 saturated heterocycles. The molecule has 0 saturated carbocycles. The van der Waals surface area contributed by atoms with Gasteiger partial charge in [0.05, 0.1) is 17.5 Å². The van der Waals surface area contributed by atoms with Crippen molar-refractivity contribution in [3.8, 4) is 0 Å². The van der Waals surface area contributed by atoms with Crippen LogP contribution in [-0.2, 0) is 0 Å². The maximum atomic E-state index is 4.64. The van der Waals surface area contributed by atoms with E-state index in [0.29, 0.717) is 0 Å². The van der Waals surface area contributed by atoms with Crippen LogP contribution in [0.2, 0.25) is 0 Å². The number of nitrogens with one attached hydrogen (secondary N) is 1. The van der Waals surface area contributed by atoms with Crippen molar-refractivity contribution in [3.63, 3.8) is 0 Å². The number of fused-ring (bicyclic) bond motifs is 1.